The molecule has 0 amide bonds. The van der Waals surface area contributed by atoms with Crippen LogP contribution in [0.3, 0.4) is 0 Å². The van der Waals surface area contributed by atoms with Crippen LogP contribution in [0.15, 0.2) is 23.2 Å². The topological polar surface area (TPSA) is 107 Å². The number of phenolic OH excluding ortho intramolecular Hbond substituents is 1. The van der Waals surface area contributed by atoms with Crippen molar-refractivity contribution in [3.05, 3.63) is 29.3 Å². The van der Waals surface area contributed by atoms with E-state index in [4.69, 9.17) is 10.2 Å². The van der Waals surface area contributed by atoms with E-state index in [1.54, 1.807) is 0 Å². The van der Waals surface area contributed by atoms with Crippen molar-refractivity contribution in [1.82, 2.24) is 0 Å². The number of aromatic hydroxyl groups is 1. The Kier molecular flexibility index (Phi) is 3.23. The van der Waals surface area contributed by atoms with Crippen LogP contribution < -0.4 is 0 Å². The summed E-state index contributed by atoms with van der Waals surface area (Å²) in [6.45, 7) is 1.50. The first-order valence-electron chi connectivity index (χ1n) is 5.36. The van der Waals surface area contributed by atoms with Gasteiger partial charge in [-0.3, -0.25) is 4.99 Å². The summed E-state index contributed by atoms with van der Waals surface area (Å²) < 4.78 is 0. The number of thioether (sulfide) groups is 1. The maximum Gasteiger partial charge on any atom is 0.335 e. The summed E-state index contributed by atoms with van der Waals surface area (Å²) in [5.74, 6) is -2.12. The molecule has 7 heteroatoms. The van der Waals surface area contributed by atoms with E-state index in [0.29, 0.717) is 10.6 Å². The molecule has 1 heterocycles. The zero-order valence-electron chi connectivity index (χ0n) is 9.95. The average Bonchev–Trinajstić information content (AvgIpc) is 2.73. The fourth-order valence-electron chi connectivity index (χ4n) is 1.59. The number of aliphatic imine (C=N–C) groups is 1. The summed E-state index contributed by atoms with van der Waals surface area (Å²) in [6, 6.07) is 3.90. The van der Waals surface area contributed by atoms with Crippen molar-refractivity contribution >= 4 is 28.7 Å². The molecule has 6 nitrogen and oxygen atoms in total. The number of phenols is 1. The summed E-state index contributed by atoms with van der Waals surface area (Å²) >= 11 is 1.22. The SMILES string of the molecule is C[C@]1(C(=O)O)CSC(c2ccc(C(=O)O)cc2O)=N1. The molecular formula is C12H11NO5S. The quantitative estimate of drug-likeness (QED) is 0.773. The summed E-state index contributed by atoms with van der Waals surface area (Å²) in [4.78, 5) is 25.9. The van der Waals surface area contributed by atoms with Crippen LogP contribution in [0.2, 0.25) is 0 Å². The average molecular weight is 281 g/mol. The number of aliphatic carboxylic acids is 1. The molecule has 100 valence electrons. The van der Waals surface area contributed by atoms with Crippen molar-refractivity contribution in [2.75, 3.05) is 5.75 Å². The maximum atomic E-state index is 11.1. The van der Waals surface area contributed by atoms with Gasteiger partial charge < -0.3 is 15.3 Å². The van der Waals surface area contributed by atoms with Gasteiger partial charge in [-0.05, 0) is 25.1 Å². The molecule has 19 heavy (non-hydrogen) atoms. The first-order valence-corrected chi connectivity index (χ1v) is 6.35. The normalized spacial score (nSPS) is 22.1. The summed E-state index contributed by atoms with van der Waals surface area (Å²) in [6.07, 6.45) is 0. The molecule has 0 fully saturated rings. The van der Waals surface area contributed by atoms with E-state index >= 15 is 0 Å². The minimum atomic E-state index is -1.21. The Hall–Kier alpha value is -2.02. The molecule has 0 aromatic heterocycles. The number of carboxylic acid groups (broad SMARTS) is 2. The van der Waals surface area contributed by atoms with Gasteiger partial charge in [-0.1, -0.05) is 0 Å². The van der Waals surface area contributed by atoms with E-state index in [2.05, 4.69) is 4.99 Å². The number of carbonyl (C=O) groups is 2. The van der Waals surface area contributed by atoms with Gasteiger partial charge in [-0.15, -0.1) is 11.8 Å². The van der Waals surface area contributed by atoms with Gasteiger partial charge in [0.2, 0.25) is 0 Å². The molecule has 1 aliphatic heterocycles. The summed E-state index contributed by atoms with van der Waals surface area (Å²) in [7, 11) is 0. The Labute approximate surface area is 112 Å². The number of aromatic carboxylic acids is 1. The lowest BCUT2D eigenvalue weighted by atomic mass is 10.1. The molecule has 3 N–H and O–H groups in total. The highest BCUT2D eigenvalue weighted by atomic mass is 32.2. The Morgan fingerprint density at radius 2 is 2.05 bits per heavy atom. The monoisotopic (exact) mass is 281 g/mol. The van der Waals surface area contributed by atoms with Gasteiger partial charge in [-0.25, -0.2) is 9.59 Å². The molecular weight excluding hydrogens is 270 g/mol. The third kappa shape index (κ3) is 2.41. The smallest absolute Gasteiger partial charge is 0.335 e. The zero-order chi connectivity index (χ0) is 14.2. The lowest BCUT2D eigenvalue weighted by molar-refractivity contribution is -0.141. The molecule has 0 aliphatic carbocycles. The Bertz CT molecular complexity index is 598. The van der Waals surface area contributed by atoms with E-state index in [9.17, 15) is 14.7 Å². The van der Waals surface area contributed by atoms with Gasteiger partial charge in [0.15, 0.2) is 5.54 Å². The fourth-order valence-corrected chi connectivity index (χ4v) is 2.79. The van der Waals surface area contributed by atoms with Crippen molar-refractivity contribution < 1.29 is 24.9 Å². The van der Waals surface area contributed by atoms with Crippen LogP contribution >= 0.6 is 11.8 Å². The van der Waals surface area contributed by atoms with Crippen molar-refractivity contribution in [2.24, 2.45) is 4.99 Å². The second-order valence-electron chi connectivity index (χ2n) is 4.32. The van der Waals surface area contributed by atoms with Crippen LogP contribution in [0.1, 0.15) is 22.8 Å². The van der Waals surface area contributed by atoms with E-state index < -0.39 is 17.5 Å². The zero-order valence-corrected chi connectivity index (χ0v) is 10.8. The second kappa shape index (κ2) is 4.58. The summed E-state index contributed by atoms with van der Waals surface area (Å²) in [5.41, 5.74) is -0.899. The lowest BCUT2D eigenvalue weighted by Crippen LogP contribution is -2.33. The van der Waals surface area contributed by atoms with Crippen molar-refractivity contribution in [1.29, 1.82) is 0 Å². The molecule has 0 saturated heterocycles. The van der Waals surface area contributed by atoms with Gasteiger partial charge in [0, 0.05) is 11.3 Å². The van der Waals surface area contributed by atoms with E-state index in [1.165, 1.54) is 30.8 Å². The van der Waals surface area contributed by atoms with Crippen molar-refractivity contribution in [3.63, 3.8) is 0 Å². The Morgan fingerprint density at radius 1 is 1.37 bits per heavy atom. The third-order valence-electron chi connectivity index (χ3n) is 2.77. The number of hydrogen-bond acceptors (Lipinski definition) is 5. The third-order valence-corrected chi connectivity index (χ3v) is 4.07. The number of benzene rings is 1. The number of hydrogen-bond donors (Lipinski definition) is 3. The highest BCUT2D eigenvalue weighted by Gasteiger charge is 2.39. The minimum Gasteiger partial charge on any atom is -0.507 e. The van der Waals surface area contributed by atoms with Crippen LogP contribution in [0.25, 0.3) is 0 Å². The summed E-state index contributed by atoms with van der Waals surface area (Å²) in [5, 5.41) is 28.1. The van der Waals surface area contributed by atoms with E-state index in [0.717, 1.165) is 6.07 Å². The molecule has 2 rings (SSSR count). The fraction of sp³-hybridized carbons (Fsp3) is 0.250. The van der Waals surface area contributed by atoms with E-state index in [1.807, 2.05) is 0 Å². The first kappa shape index (κ1) is 13.4. The van der Waals surface area contributed by atoms with Gasteiger partial charge in [0.1, 0.15) is 10.8 Å². The van der Waals surface area contributed by atoms with Gasteiger partial charge in [0.05, 0.1) is 5.56 Å². The molecule has 1 aromatic rings. The van der Waals surface area contributed by atoms with Crippen molar-refractivity contribution in [3.8, 4) is 5.75 Å². The predicted octanol–water partition coefficient (Wildman–Crippen LogP) is 1.43. The first-order chi connectivity index (χ1) is 8.83. The highest BCUT2D eigenvalue weighted by molar-refractivity contribution is 8.14. The van der Waals surface area contributed by atoms with Gasteiger partial charge in [0.25, 0.3) is 0 Å². The second-order valence-corrected chi connectivity index (χ2v) is 5.29. The van der Waals surface area contributed by atoms with Gasteiger partial charge in [-0.2, -0.15) is 0 Å². The standard InChI is InChI=1S/C12H11NO5S/c1-12(11(17)18)5-19-9(13-12)7-3-2-6(10(15)16)4-8(7)14/h2-4,14H,5H2,1H3,(H,15,16)(H,17,18)/t12-/m1/s1. The molecule has 1 atom stereocenters. The van der Waals surface area contributed by atoms with Crippen LogP contribution in [0, 0.1) is 0 Å². The molecule has 0 bridgehead atoms. The molecule has 1 aromatic carbocycles. The maximum absolute atomic E-state index is 11.1. The number of carboxylic acids is 2. The molecule has 0 spiro atoms. The minimum absolute atomic E-state index is 0.0363. The van der Waals surface area contributed by atoms with Crippen LogP contribution in [-0.4, -0.2) is 43.6 Å². The lowest BCUT2D eigenvalue weighted by Gasteiger charge is -2.11. The Balaban J connectivity index is 2.39. The molecule has 0 saturated carbocycles. The highest BCUT2D eigenvalue weighted by Crippen LogP contribution is 2.34. The number of rotatable bonds is 3. The van der Waals surface area contributed by atoms with Crippen LogP contribution in [0.4, 0.5) is 0 Å². The van der Waals surface area contributed by atoms with Crippen molar-refractivity contribution in [2.45, 2.75) is 12.5 Å². The number of nitrogens with zero attached hydrogens (tertiary/aromatic N) is 1. The Morgan fingerprint density at radius 3 is 2.53 bits per heavy atom. The van der Waals surface area contributed by atoms with Gasteiger partial charge >= 0.3 is 11.9 Å². The largest absolute Gasteiger partial charge is 0.507 e. The van der Waals surface area contributed by atoms with Crippen LogP contribution in [0.5, 0.6) is 5.75 Å². The molecule has 0 radical (unpaired) electrons. The predicted molar refractivity (Wildman–Crippen MR) is 70.1 cm³/mol. The molecule has 1 aliphatic rings. The molecule has 0 unspecified atom stereocenters. The van der Waals surface area contributed by atoms with Crippen LogP contribution in [-0.2, 0) is 4.79 Å². The van der Waals surface area contributed by atoms with E-state index in [-0.39, 0.29) is 17.1 Å².